The van der Waals surface area contributed by atoms with Crippen LogP contribution in [-0.4, -0.2) is 81.4 Å². The quantitative estimate of drug-likeness (QED) is 0.774. The van der Waals surface area contributed by atoms with Crippen LogP contribution in [0.2, 0.25) is 0 Å². The lowest BCUT2D eigenvalue weighted by Crippen LogP contribution is -2.53. The molecule has 0 bridgehead atoms. The Labute approximate surface area is 172 Å². The number of benzene rings is 1. The Kier molecular flexibility index (Phi) is 6.13. The first-order chi connectivity index (χ1) is 14.1. The fourth-order valence-corrected chi connectivity index (χ4v) is 4.47. The monoisotopic (exact) mass is 397 g/mol. The van der Waals surface area contributed by atoms with Crippen molar-refractivity contribution in [3.05, 3.63) is 30.6 Å². The van der Waals surface area contributed by atoms with E-state index in [-0.39, 0.29) is 11.8 Å². The average molecular weight is 398 g/mol. The van der Waals surface area contributed by atoms with Gasteiger partial charge in [0.25, 0.3) is 0 Å². The number of para-hydroxylation sites is 2. The summed E-state index contributed by atoms with van der Waals surface area (Å²) in [6.45, 7) is 7.11. The van der Waals surface area contributed by atoms with Crippen molar-refractivity contribution in [3.8, 4) is 0 Å². The number of amides is 2. The molecular weight excluding hydrogens is 366 g/mol. The number of fused-ring (bicyclic) bond motifs is 1. The minimum atomic E-state index is 0.179. The van der Waals surface area contributed by atoms with Crippen molar-refractivity contribution >= 4 is 22.8 Å². The molecule has 2 aliphatic heterocycles. The minimum absolute atomic E-state index is 0.179. The first-order valence-electron chi connectivity index (χ1n) is 10.8. The summed E-state index contributed by atoms with van der Waals surface area (Å²) >= 11 is 0. The molecule has 156 valence electrons. The van der Waals surface area contributed by atoms with Gasteiger partial charge >= 0.3 is 0 Å². The number of hydrogen-bond acceptors (Lipinski definition) is 4. The van der Waals surface area contributed by atoms with Crippen LogP contribution in [0.3, 0.4) is 0 Å². The van der Waals surface area contributed by atoms with Gasteiger partial charge in [-0.2, -0.15) is 0 Å². The van der Waals surface area contributed by atoms with E-state index in [0.717, 1.165) is 43.5 Å². The molecule has 0 spiro atoms. The van der Waals surface area contributed by atoms with E-state index in [2.05, 4.69) is 16.8 Å². The van der Waals surface area contributed by atoms with Gasteiger partial charge in [-0.15, -0.1) is 0 Å². The van der Waals surface area contributed by atoms with Gasteiger partial charge in [-0.25, -0.2) is 4.98 Å². The second kappa shape index (κ2) is 8.95. The van der Waals surface area contributed by atoms with E-state index in [1.807, 2.05) is 45.0 Å². The molecule has 0 radical (unpaired) electrons. The number of aryl methyl sites for hydroxylation is 1. The van der Waals surface area contributed by atoms with Gasteiger partial charge in [-0.3, -0.25) is 14.5 Å². The maximum atomic E-state index is 12.6. The van der Waals surface area contributed by atoms with Crippen LogP contribution in [0.1, 0.15) is 32.6 Å². The smallest absolute Gasteiger partial charge is 0.236 e. The molecule has 1 atom stereocenters. The number of piperazine rings is 1. The summed E-state index contributed by atoms with van der Waals surface area (Å²) < 4.78 is 2.04. The Hall–Kier alpha value is -2.41. The molecule has 1 unspecified atom stereocenters. The summed E-state index contributed by atoms with van der Waals surface area (Å²) in [5, 5.41) is 0. The molecule has 4 rings (SSSR count). The number of likely N-dealkylation sites (tertiary alicyclic amines) is 1. The SMILES string of the molecule is CC1CCCCN1C(=O)CN1CCN(C(=O)CCn2cnc3ccccc32)CC1. The molecule has 0 aliphatic carbocycles. The number of rotatable bonds is 5. The average Bonchev–Trinajstić information content (AvgIpc) is 3.16. The van der Waals surface area contributed by atoms with E-state index in [4.69, 9.17) is 0 Å². The Morgan fingerprint density at radius 2 is 1.83 bits per heavy atom. The van der Waals surface area contributed by atoms with E-state index in [1.54, 1.807) is 0 Å². The zero-order valence-electron chi connectivity index (χ0n) is 17.3. The molecule has 0 N–H and O–H groups in total. The summed E-state index contributed by atoms with van der Waals surface area (Å²) in [4.78, 5) is 35.8. The Balaban J connectivity index is 1.23. The van der Waals surface area contributed by atoms with Crippen LogP contribution in [0, 0.1) is 0 Å². The van der Waals surface area contributed by atoms with Gasteiger partial charge in [0.15, 0.2) is 0 Å². The summed E-state index contributed by atoms with van der Waals surface area (Å²) in [7, 11) is 0. The second-order valence-electron chi connectivity index (χ2n) is 8.27. The topological polar surface area (TPSA) is 61.7 Å². The highest BCUT2D eigenvalue weighted by Gasteiger charge is 2.27. The third-order valence-corrected chi connectivity index (χ3v) is 6.30. The number of carbonyl (C=O) groups excluding carboxylic acids is 2. The van der Waals surface area contributed by atoms with Crippen molar-refractivity contribution in [1.82, 2.24) is 24.3 Å². The van der Waals surface area contributed by atoms with Gasteiger partial charge in [0.05, 0.1) is 23.9 Å². The van der Waals surface area contributed by atoms with Crippen molar-refractivity contribution in [2.75, 3.05) is 39.3 Å². The number of imidazole rings is 1. The highest BCUT2D eigenvalue weighted by molar-refractivity contribution is 5.79. The third kappa shape index (κ3) is 4.61. The van der Waals surface area contributed by atoms with E-state index >= 15 is 0 Å². The second-order valence-corrected chi connectivity index (χ2v) is 8.27. The number of nitrogens with zero attached hydrogens (tertiary/aromatic N) is 5. The molecule has 1 aromatic heterocycles. The van der Waals surface area contributed by atoms with E-state index in [0.29, 0.717) is 38.6 Å². The van der Waals surface area contributed by atoms with Gasteiger partial charge < -0.3 is 14.4 Å². The van der Waals surface area contributed by atoms with Crippen LogP contribution >= 0.6 is 0 Å². The van der Waals surface area contributed by atoms with Crippen molar-refractivity contribution in [1.29, 1.82) is 0 Å². The summed E-state index contributed by atoms with van der Waals surface area (Å²) in [6, 6.07) is 8.34. The van der Waals surface area contributed by atoms with Gasteiger partial charge in [0.2, 0.25) is 11.8 Å². The van der Waals surface area contributed by atoms with Crippen LogP contribution in [0.15, 0.2) is 30.6 Å². The molecule has 2 aliphatic rings. The number of hydrogen-bond donors (Lipinski definition) is 0. The highest BCUT2D eigenvalue weighted by atomic mass is 16.2. The highest BCUT2D eigenvalue weighted by Crippen LogP contribution is 2.17. The molecule has 2 aromatic rings. The van der Waals surface area contributed by atoms with Crippen LogP contribution in [-0.2, 0) is 16.1 Å². The Morgan fingerprint density at radius 3 is 2.62 bits per heavy atom. The lowest BCUT2D eigenvalue weighted by Gasteiger charge is -2.38. The Bertz CT molecular complexity index is 856. The molecule has 0 saturated carbocycles. The van der Waals surface area contributed by atoms with Gasteiger partial charge in [-0.1, -0.05) is 12.1 Å². The molecule has 2 fully saturated rings. The predicted octanol–water partition coefficient (Wildman–Crippen LogP) is 1.97. The van der Waals surface area contributed by atoms with Crippen molar-refractivity contribution in [2.45, 2.75) is 45.2 Å². The van der Waals surface area contributed by atoms with Crippen LogP contribution in [0.5, 0.6) is 0 Å². The molecule has 1 aromatic carbocycles. The van der Waals surface area contributed by atoms with Crippen LogP contribution in [0.4, 0.5) is 0 Å². The molecule has 7 nitrogen and oxygen atoms in total. The zero-order chi connectivity index (χ0) is 20.2. The standard InChI is InChI=1S/C22H31N5O2/c1-18-6-4-5-10-27(18)22(29)16-24-12-14-25(15-13-24)21(28)9-11-26-17-23-19-7-2-3-8-20(19)26/h2-3,7-8,17-18H,4-6,9-16H2,1H3. The molecule has 2 amide bonds. The van der Waals surface area contributed by atoms with Crippen molar-refractivity contribution < 1.29 is 9.59 Å². The number of aromatic nitrogens is 2. The molecule has 3 heterocycles. The van der Waals surface area contributed by atoms with E-state index < -0.39 is 0 Å². The minimum Gasteiger partial charge on any atom is -0.340 e. The maximum Gasteiger partial charge on any atom is 0.236 e. The van der Waals surface area contributed by atoms with Gasteiger partial charge in [-0.05, 0) is 38.3 Å². The lowest BCUT2D eigenvalue weighted by molar-refractivity contribution is -0.137. The molecule has 29 heavy (non-hydrogen) atoms. The predicted molar refractivity (Wildman–Crippen MR) is 112 cm³/mol. The lowest BCUT2D eigenvalue weighted by atomic mass is 10.0. The number of carbonyl (C=O) groups is 2. The van der Waals surface area contributed by atoms with E-state index in [9.17, 15) is 9.59 Å². The van der Waals surface area contributed by atoms with Crippen LogP contribution in [0.25, 0.3) is 11.0 Å². The first kappa shape index (κ1) is 19.9. The first-order valence-corrected chi connectivity index (χ1v) is 10.8. The molecule has 2 saturated heterocycles. The Morgan fingerprint density at radius 1 is 1.03 bits per heavy atom. The largest absolute Gasteiger partial charge is 0.340 e. The van der Waals surface area contributed by atoms with E-state index in [1.165, 1.54) is 6.42 Å². The summed E-state index contributed by atoms with van der Waals surface area (Å²) in [6.07, 6.45) is 5.74. The fourth-order valence-electron chi connectivity index (χ4n) is 4.47. The summed E-state index contributed by atoms with van der Waals surface area (Å²) in [5.74, 6) is 0.419. The summed E-state index contributed by atoms with van der Waals surface area (Å²) in [5.41, 5.74) is 2.02. The molecular formula is C22H31N5O2. The zero-order valence-corrected chi connectivity index (χ0v) is 17.3. The third-order valence-electron chi connectivity index (χ3n) is 6.30. The maximum absolute atomic E-state index is 12.6. The normalized spacial score (nSPS) is 20.9. The van der Waals surface area contributed by atoms with Gasteiger partial charge in [0.1, 0.15) is 0 Å². The van der Waals surface area contributed by atoms with Crippen LogP contribution < -0.4 is 0 Å². The number of piperidine rings is 1. The van der Waals surface area contributed by atoms with Crippen molar-refractivity contribution in [2.24, 2.45) is 0 Å². The fraction of sp³-hybridized carbons (Fsp3) is 0.591. The van der Waals surface area contributed by atoms with Crippen molar-refractivity contribution in [3.63, 3.8) is 0 Å². The molecule has 7 heteroatoms. The van der Waals surface area contributed by atoms with Gasteiger partial charge in [0, 0.05) is 51.7 Å².